The Morgan fingerprint density at radius 3 is 2.42 bits per heavy atom. The molecule has 0 heterocycles. The molecule has 2 heteroatoms. The molecule has 1 N–H and O–H groups in total. The zero-order valence-electron chi connectivity index (χ0n) is 8.10. The SMILES string of the molecule is CNCC(=O)[C@H]1CC[C@@H](C)CC1. The van der Waals surface area contributed by atoms with E-state index in [1.54, 1.807) is 0 Å². The molecule has 1 aliphatic carbocycles. The van der Waals surface area contributed by atoms with E-state index in [9.17, 15) is 4.79 Å². The molecule has 12 heavy (non-hydrogen) atoms. The van der Waals surface area contributed by atoms with Gasteiger partial charge in [-0.15, -0.1) is 0 Å². The van der Waals surface area contributed by atoms with Crippen LogP contribution in [0.4, 0.5) is 0 Å². The maximum Gasteiger partial charge on any atom is 0.149 e. The van der Waals surface area contributed by atoms with Gasteiger partial charge in [0, 0.05) is 5.92 Å². The van der Waals surface area contributed by atoms with E-state index in [1.807, 2.05) is 7.05 Å². The Hall–Kier alpha value is -0.370. The van der Waals surface area contributed by atoms with Crippen LogP contribution < -0.4 is 5.32 Å². The van der Waals surface area contributed by atoms with Gasteiger partial charge < -0.3 is 5.32 Å². The molecule has 0 spiro atoms. The smallest absolute Gasteiger partial charge is 0.149 e. The molecule has 1 rings (SSSR count). The first-order valence-electron chi connectivity index (χ1n) is 4.91. The molecule has 1 aliphatic rings. The molecule has 0 saturated heterocycles. The van der Waals surface area contributed by atoms with Crippen molar-refractivity contribution in [3.05, 3.63) is 0 Å². The third-order valence-corrected chi connectivity index (χ3v) is 2.82. The lowest BCUT2D eigenvalue weighted by molar-refractivity contribution is -0.123. The molecule has 1 fully saturated rings. The van der Waals surface area contributed by atoms with Crippen LogP contribution in [0.5, 0.6) is 0 Å². The van der Waals surface area contributed by atoms with Crippen LogP contribution in [0.1, 0.15) is 32.6 Å². The average molecular weight is 169 g/mol. The van der Waals surface area contributed by atoms with Crippen molar-refractivity contribution in [3.63, 3.8) is 0 Å². The number of carbonyl (C=O) groups excluding carboxylic acids is 1. The number of hydrogen-bond donors (Lipinski definition) is 1. The van der Waals surface area contributed by atoms with E-state index in [4.69, 9.17) is 0 Å². The molecule has 0 atom stereocenters. The zero-order valence-corrected chi connectivity index (χ0v) is 8.10. The molecule has 0 bridgehead atoms. The van der Waals surface area contributed by atoms with Crippen molar-refractivity contribution < 1.29 is 4.79 Å². The third kappa shape index (κ3) is 2.59. The molecule has 0 aromatic carbocycles. The van der Waals surface area contributed by atoms with Crippen molar-refractivity contribution in [2.24, 2.45) is 11.8 Å². The summed E-state index contributed by atoms with van der Waals surface area (Å²) < 4.78 is 0. The third-order valence-electron chi connectivity index (χ3n) is 2.82. The van der Waals surface area contributed by atoms with Gasteiger partial charge in [0.2, 0.25) is 0 Å². The van der Waals surface area contributed by atoms with E-state index < -0.39 is 0 Å². The summed E-state index contributed by atoms with van der Waals surface area (Å²) in [6, 6.07) is 0. The van der Waals surface area contributed by atoms with Crippen LogP contribution >= 0.6 is 0 Å². The Morgan fingerprint density at radius 1 is 1.33 bits per heavy atom. The molecule has 0 unspecified atom stereocenters. The molecular formula is C10H19NO. The summed E-state index contributed by atoms with van der Waals surface area (Å²) in [6.07, 6.45) is 4.70. The van der Waals surface area contributed by atoms with E-state index in [-0.39, 0.29) is 0 Å². The standard InChI is InChI=1S/C10H19NO/c1-8-3-5-9(6-4-8)10(12)7-11-2/h8-9,11H,3-7H2,1-2H3/t8-,9+. The first kappa shape index (κ1) is 9.72. The number of hydrogen-bond acceptors (Lipinski definition) is 2. The van der Waals surface area contributed by atoms with Gasteiger partial charge in [-0.1, -0.05) is 19.8 Å². The minimum Gasteiger partial charge on any atom is -0.313 e. The largest absolute Gasteiger partial charge is 0.313 e. The zero-order chi connectivity index (χ0) is 8.97. The molecule has 0 amide bonds. The quantitative estimate of drug-likeness (QED) is 0.695. The molecule has 0 radical (unpaired) electrons. The highest BCUT2D eigenvalue weighted by Crippen LogP contribution is 2.28. The van der Waals surface area contributed by atoms with E-state index in [0.717, 1.165) is 18.8 Å². The molecule has 0 aromatic heterocycles. The highest BCUT2D eigenvalue weighted by atomic mass is 16.1. The van der Waals surface area contributed by atoms with E-state index in [0.29, 0.717) is 18.2 Å². The Balaban J connectivity index is 2.29. The van der Waals surface area contributed by atoms with Crippen LogP contribution in [-0.2, 0) is 4.79 Å². The van der Waals surface area contributed by atoms with Crippen LogP contribution in [0.2, 0.25) is 0 Å². The number of ketones is 1. The summed E-state index contributed by atoms with van der Waals surface area (Å²) in [4.78, 5) is 11.4. The number of nitrogens with one attached hydrogen (secondary N) is 1. The van der Waals surface area contributed by atoms with Crippen molar-refractivity contribution in [3.8, 4) is 0 Å². The monoisotopic (exact) mass is 169 g/mol. The number of likely N-dealkylation sites (N-methyl/N-ethyl adjacent to an activating group) is 1. The number of rotatable bonds is 3. The van der Waals surface area contributed by atoms with Crippen LogP contribution in [-0.4, -0.2) is 19.4 Å². The van der Waals surface area contributed by atoms with Crippen LogP contribution in [0.3, 0.4) is 0 Å². The lowest BCUT2D eigenvalue weighted by Gasteiger charge is -2.24. The Kier molecular flexibility index (Phi) is 3.73. The summed E-state index contributed by atoms with van der Waals surface area (Å²) in [7, 11) is 1.84. The number of Topliss-reactive ketones (excluding diaryl/α,β-unsaturated/α-hetero) is 1. The normalized spacial score (nSPS) is 30.2. The molecule has 70 valence electrons. The molecule has 0 aromatic rings. The Labute approximate surface area is 74.7 Å². The molecular weight excluding hydrogens is 150 g/mol. The minimum absolute atomic E-state index is 0.355. The topological polar surface area (TPSA) is 29.1 Å². The van der Waals surface area contributed by atoms with Crippen molar-refractivity contribution in [1.29, 1.82) is 0 Å². The predicted octanol–water partition coefficient (Wildman–Crippen LogP) is 1.60. The highest BCUT2D eigenvalue weighted by molar-refractivity contribution is 5.82. The van der Waals surface area contributed by atoms with Gasteiger partial charge in [-0.05, 0) is 25.8 Å². The minimum atomic E-state index is 0.355. The second kappa shape index (κ2) is 4.61. The van der Waals surface area contributed by atoms with Gasteiger partial charge in [-0.2, -0.15) is 0 Å². The fourth-order valence-corrected chi connectivity index (χ4v) is 1.90. The van der Waals surface area contributed by atoms with Crippen molar-refractivity contribution >= 4 is 5.78 Å². The van der Waals surface area contributed by atoms with Crippen molar-refractivity contribution in [2.75, 3.05) is 13.6 Å². The maximum absolute atomic E-state index is 11.4. The van der Waals surface area contributed by atoms with Gasteiger partial charge in [-0.25, -0.2) is 0 Å². The summed E-state index contributed by atoms with van der Waals surface area (Å²) in [5.41, 5.74) is 0. The van der Waals surface area contributed by atoms with Crippen LogP contribution in [0.25, 0.3) is 0 Å². The average Bonchev–Trinajstić information content (AvgIpc) is 2.06. The molecule has 1 saturated carbocycles. The van der Waals surface area contributed by atoms with Gasteiger partial charge in [0.05, 0.1) is 6.54 Å². The molecule has 2 nitrogen and oxygen atoms in total. The number of carbonyl (C=O) groups is 1. The van der Waals surface area contributed by atoms with Gasteiger partial charge >= 0.3 is 0 Å². The molecule has 0 aliphatic heterocycles. The lowest BCUT2D eigenvalue weighted by atomic mass is 9.81. The Bertz CT molecular complexity index is 148. The summed E-state index contributed by atoms with van der Waals surface area (Å²) in [6.45, 7) is 2.83. The second-order valence-corrected chi connectivity index (χ2v) is 3.95. The second-order valence-electron chi connectivity index (χ2n) is 3.95. The van der Waals surface area contributed by atoms with Crippen LogP contribution in [0, 0.1) is 11.8 Å². The Morgan fingerprint density at radius 2 is 1.92 bits per heavy atom. The fourth-order valence-electron chi connectivity index (χ4n) is 1.90. The van der Waals surface area contributed by atoms with Gasteiger partial charge in [0.25, 0.3) is 0 Å². The van der Waals surface area contributed by atoms with Crippen molar-refractivity contribution in [1.82, 2.24) is 5.32 Å². The lowest BCUT2D eigenvalue weighted by Crippen LogP contribution is -2.28. The summed E-state index contributed by atoms with van der Waals surface area (Å²) in [5.74, 6) is 1.60. The first-order valence-corrected chi connectivity index (χ1v) is 4.91. The van der Waals surface area contributed by atoms with E-state index >= 15 is 0 Å². The summed E-state index contributed by atoms with van der Waals surface area (Å²) in [5, 5.41) is 2.93. The van der Waals surface area contributed by atoms with E-state index in [2.05, 4.69) is 12.2 Å². The van der Waals surface area contributed by atoms with Crippen molar-refractivity contribution in [2.45, 2.75) is 32.6 Å². The van der Waals surface area contributed by atoms with Crippen LogP contribution in [0.15, 0.2) is 0 Å². The first-order chi connectivity index (χ1) is 5.74. The van der Waals surface area contributed by atoms with Gasteiger partial charge in [0.1, 0.15) is 5.78 Å². The highest BCUT2D eigenvalue weighted by Gasteiger charge is 2.23. The maximum atomic E-state index is 11.4. The fraction of sp³-hybridized carbons (Fsp3) is 0.900. The predicted molar refractivity (Wildman–Crippen MR) is 50.1 cm³/mol. The summed E-state index contributed by atoms with van der Waals surface area (Å²) >= 11 is 0. The van der Waals surface area contributed by atoms with Gasteiger partial charge in [-0.3, -0.25) is 4.79 Å². The van der Waals surface area contributed by atoms with E-state index in [1.165, 1.54) is 12.8 Å². The van der Waals surface area contributed by atoms with Gasteiger partial charge in [0.15, 0.2) is 0 Å².